The van der Waals surface area contributed by atoms with Crippen LogP contribution in [0, 0.1) is 0 Å². The molecule has 1 aromatic carbocycles. The number of aromatic amines is 1. The van der Waals surface area contributed by atoms with Crippen LogP contribution in [0.25, 0.3) is 11.0 Å². The molecule has 0 atom stereocenters. The quantitative estimate of drug-likeness (QED) is 0.612. The summed E-state index contributed by atoms with van der Waals surface area (Å²) in [7, 11) is 4.54. The molecule has 0 saturated carbocycles. The van der Waals surface area contributed by atoms with Gasteiger partial charge in [0.2, 0.25) is 11.6 Å². The van der Waals surface area contributed by atoms with Crippen LogP contribution in [0.2, 0.25) is 0 Å². The Morgan fingerprint density at radius 2 is 1.68 bits per heavy atom. The molecule has 7 heteroatoms. The van der Waals surface area contributed by atoms with Crippen LogP contribution in [-0.2, 0) is 0 Å². The Labute approximate surface area is 164 Å². The van der Waals surface area contributed by atoms with Crippen molar-refractivity contribution in [2.24, 2.45) is 0 Å². The monoisotopic (exact) mass is 386 g/mol. The Morgan fingerprint density at radius 3 is 2.21 bits per heavy atom. The van der Waals surface area contributed by atoms with E-state index >= 15 is 0 Å². The fourth-order valence-electron chi connectivity index (χ4n) is 2.77. The van der Waals surface area contributed by atoms with Gasteiger partial charge in [0.15, 0.2) is 17.3 Å². The zero-order chi connectivity index (χ0) is 20.7. The summed E-state index contributed by atoms with van der Waals surface area (Å²) in [6.07, 6.45) is 1.64. The van der Waals surface area contributed by atoms with Gasteiger partial charge in [0.05, 0.1) is 27.9 Å². The van der Waals surface area contributed by atoms with Crippen molar-refractivity contribution in [3.8, 4) is 23.1 Å². The molecule has 2 aromatic heterocycles. The highest BCUT2D eigenvalue weighted by Gasteiger charge is 2.20. The third-order valence-corrected chi connectivity index (χ3v) is 3.98. The molecule has 0 bridgehead atoms. The summed E-state index contributed by atoms with van der Waals surface area (Å²) < 4.78 is 21.3. The summed E-state index contributed by atoms with van der Waals surface area (Å²) in [5.74, 6) is 1.61. The van der Waals surface area contributed by atoms with E-state index < -0.39 is 0 Å². The molecular formula is C21H26N2O5. The Balaban J connectivity index is 0.00000136. The highest BCUT2D eigenvalue weighted by atomic mass is 16.5. The number of hydrogen-bond donors (Lipinski definition) is 1. The number of rotatable bonds is 7. The largest absolute Gasteiger partial charge is 0.493 e. The highest BCUT2D eigenvalue weighted by molar-refractivity contribution is 6.16. The van der Waals surface area contributed by atoms with Crippen molar-refractivity contribution in [1.29, 1.82) is 0 Å². The van der Waals surface area contributed by atoms with Gasteiger partial charge in [-0.25, -0.2) is 0 Å². The van der Waals surface area contributed by atoms with Crippen LogP contribution in [0.4, 0.5) is 0 Å². The molecular weight excluding hydrogens is 360 g/mol. The molecule has 0 aliphatic heterocycles. The van der Waals surface area contributed by atoms with Crippen molar-refractivity contribution in [1.82, 2.24) is 9.97 Å². The maximum atomic E-state index is 13.0. The second-order valence-corrected chi connectivity index (χ2v) is 5.42. The van der Waals surface area contributed by atoms with E-state index in [1.165, 1.54) is 21.3 Å². The predicted octanol–water partition coefficient (Wildman–Crippen LogP) is 4.24. The smallest absolute Gasteiger partial charge is 0.215 e. The Kier molecular flexibility index (Phi) is 7.26. The lowest BCUT2D eigenvalue weighted by molar-refractivity contribution is 0.103. The van der Waals surface area contributed by atoms with E-state index in [4.69, 9.17) is 18.9 Å². The summed E-state index contributed by atoms with van der Waals surface area (Å²) in [5.41, 5.74) is 1.52. The summed E-state index contributed by atoms with van der Waals surface area (Å²) in [4.78, 5) is 20.4. The number of H-pyrrole nitrogens is 1. The standard InChI is InChI=1S/C19H20N2O5.C2H6/c1-5-26-16-7-6-12-13(10-20-19(12)21-16)17(22)11-8-14(23-2)18(25-4)15(9-11)24-3;1-2/h6-10H,5H2,1-4H3,(H,20,21);1-2H3. The molecule has 3 rings (SSSR count). The van der Waals surface area contributed by atoms with Gasteiger partial charge >= 0.3 is 0 Å². The molecule has 0 unspecified atom stereocenters. The average Bonchev–Trinajstić information content (AvgIpc) is 3.16. The molecule has 2 heterocycles. The number of benzene rings is 1. The molecule has 0 amide bonds. The van der Waals surface area contributed by atoms with Crippen molar-refractivity contribution in [2.45, 2.75) is 20.8 Å². The fraction of sp³-hybridized carbons (Fsp3) is 0.333. The first-order valence-electron chi connectivity index (χ1n) is 9.08. The summed E-state index contributed by atoms with van der Waals surface area (Å²) in [6.45, 7) is 6.41. The van der Waals surface area contributed by atoms with Gasteiger partial charge in [-0.2, -0.15) is 4.98 Å². The Bertz CT molecular complexity index is 924. The third kappa shape index (κ3) is 4.03. The molecule has 0 saturated heterocycles. The van der Waals surface area contributed by atoms with Crippen LogP contribution < -0.4 is 18.9 Å². The number of ether oxygens (including phenoxy) is 4. The van der Waals surface area contributed by atoms with Crippen LogP contribution in [-0.4, -0.2) is 43.7 Å². The second kappa shape index (κ2) is 9.64. The number of pyridine rings is 1. The van der Waals surface area contributed by atoms with E-state index in [2.05, 4.69) is 9.97 Å². The zero-order valence-corrected chi connectivity index (χ0v) is 17.1. The van der Waals surface area contributed by atoms with Crippen LogP contribution in [0.15, 0.2) is 30.5 Å². The second-order valence-electron chi connectivity index (χ2n) is 5.42. The minimum Gasteiger partial charge on any atom is -0.493 e. The van der Waals surface area contributed by atoms with Crippen molar-refractivity contribution < 1.29 is 23.7 Å². The number of fused-ring (bicyclic) bond motifs is 1. The number of aromatic nitrogens is 2. The minimum absolute atomic E-state index is 0.179. The van der Waals surface area contributed by atoms with E-state index in [1.807, 2.05) is 26.8 Å². The highest BCUT2D eigenvalue weighted by Crippen LogP contribution is 2.39. The molecule has 0 fully saturated rings. The first kappa shape index (κ1) is 21.1. The molecule has 3 aromatic rings. The molecule has 7 nitrogen and oxygen atoms in total. The van der Waals surface area contributed by atoms with Gasteiger partial charge < -0.3 is 23.9 Å². The third-order valence-electron chi connectivity index (χ3n) is 3.98. The maximum absolute atomic E-state index is 13.0. The normalized spacial score (nSPS) is 10.1. The van der Waals surface area contributed by atoms with Crippen LogP contribution in [0.1, 0.15) is 36.7 Å². The van der Waals surface area contributed by atoms with Crippen molar-refractivity contribution in [2.75, 3.05) is 27.9 Å². The van der Waals surface area contributed by atoms with Gasteiger partial charge in [-0.05, 0) is 25.1 Å². The van der Waals surface area contributed by atoms with Crippen molar-refractivity contribution >= 4 is 16.8 Å². The lowest BCUT2D eigenvalue weighted by Crippen LogP contribution is -2.04. The van der Waals surface area contributed by atoms with E-state index in [0.717, 1.165) is 0 Å². The van der Waals surface area contributed by atoms with E-state index in [9.17, 15) is 4.79 Å². The van der Waals surface area contributed by atoms with Crippen LogP contribution >= 0.6 is 0 Å². The lowest BCUT2D eigenvalue weighted by atomic mass is 10.0. The van der Waals surface area contributed by atoms with Gasteiger partial charge in [-0.1, -0.05) is 13.8 Å². The fourth-order valence-corrected chi connectivity index (χ4v) is 2.77. The number of ketones is 1. The van der Waals surface area contributed by atoms with Gasteiger partial charge in [0, 0.05) is 28.8 Å². The van der Waals surface area contributed by atoms with E-state index in [1.54, 1.807) is 24.4 Å². The minimum atomic E-state index is -0.179. The molecule has 1 N–H and O–H groups in total. The first-order valence-corrected chi connectivity index (χ1v) is 9.08. The number of methoxy groups -OCH3 is 3. The van der Waals surface area contributed by atoms with Gasteiger partial charge in [-0.3, -0.25) is 4.79 Å². The van der Waals surface area contributed by atoms with E-state index in [0.29, 0.717) is 51.9 Å². The number of hydrogen-bond acceptors (Lipinski definition) is 6. The SMILES string of the molecule is CC.CCOc1ccc2c(C(=O)c3cc(OC)c(OC)c(OC)c3)c[nH]c2n1. The molecule has 0 aliphatic carbocycles. The van der Waals surface area contributed by atoms with Crippen LogP contribution in [0.3, 0.4) is 0 Å². The predicted molar refractivity (Wildman–Crippen MR) is 108 cm³/mol. The molecule has 0 radical (unpaired) electrons. The maximum Gasteiger partial charge on any atom is 0.215 e. The molecule has 0 spiro atoms. The first-order chi connectivity index (χ1) is 13.6. The topological polar surface area (TPSA) is 82.7 Å². The number of nitrogens with one attached hydrogen (secondary N) is 1. The number of carbonyl (C=O) groups excluding carboxylic acids is 1. The van der Waals surface area contributed by atoms with Crippen LogP contribution in [0.5, 0.6) is 23.1 Å². The molecule has 0 aliphatic rings. The van der Waals surface area contributed by atoms with E-state index in [-0.39, 0.29) is 5.78 Å². The van der Waals surface area contributed by atoms with Gasteiger partial charge in [0.1, 0.15) is 5.65 Å². The van der Waals surface area contributed by atoms with Crippen molar-refractivity contribution in [3.63, 3.8) is 0 Å². The molecule has 150 valence electrons. The summed E-state index contributed by atoms with van der Waals surface area (Å²) >= 11 is 0. The Morgan fingerprint density at radius 1 is 1.04 bits per heavy atom. The molecule has 28 heavy (non-hydrogen) atoms. The Hall–Kier alpha value is -3.22. The van der Waals surface area contributed by atoms with Gasteiger partial charge in [0.25, 0.3) is 0 Å². The summed E-state index contributed by atoms with van der Waals surface area (Å²) in [5, 5.41) is 0.715. The summed E-state index contributed by atoms with van der Waals surface area (Å²) in [6, 6.07) is 6.82. The lowest BCUT2D eigenvalue weighted by Gasteiger charge is -2.13. The zero-order valence-electron chi connectivity index (χ0n) is 17.1. The number of carbonyl (C=O) groups is 1. The average molecular weight is 386 g/mol. The van der Waals surface area contributed by atoms with Gasteiger partial charge in [-0.15, -0.1) is 0 Å². The number of nitrogens with zero attached hydrogens (tertiary/aromatic N) is 1. The van der Waals surface area contributed by atoms with Crippen molar-refractivity contribution in [3.05, 3.63) is 41.6 Å².